The predicted molar refractivity (Wildman–Crippen MR) is 130 cm³/mol. The van der Waals surface area contributed by atoms with Gasteiger partial charge in [-0.2, -0.15) is 0 Å². The Morgan fingerprint density at radius 3 is 2.06 bits per heavy atom. The molecule has 0 bridgehead atoms. The standard InChI is InChI=1S/C24H35N3O3S/c1-16(2)31(28,29)26-22-9-7-21(8-10-22)13-25-23-11-17(3)24(18(4)12-23)27-14-19(5)30-20(6)15-27/h7-12,16,19-20,25-26H,13-15H2,1-6H3/t19-,20+. The topological polar surface area (TPSA) is 70.7 Å². The van der Waals surface area contributed by atoms with Gasteiger partial charge in [0.2, 0.25) is 10.0 Å². The van der Waals surface area contributed by atoms with Crippen LogP contribution in [0.3, 0.4) is 0 Å². The van der Waals surface area contributed by atoms with E-state index in [9.17, 15) is 8.42 Å². The summed E-state index contributed by atoms with van der Waals surface area (Å²) in [6, 6.07) is 11.9. The third-order valence-electron chi connectivity index (χ3n) is 5.56. The lowest BCUT2D eigenvalue weighted by atomic mass is 10.0. The van der Waals surface area contributed by atoms with Crippen molar-refractivity contribution in [3.8, 4) is 0 Å². The second-order valence-electron chi connectivity index (χ2n) is 8.87. The minimum absolute atomic E-state index is 0.230. The second-order valence-corrected chi connectivity index (χ2v) is 11.1. The minimum Gasteiger partial charge on any atom is -0.381 e. The fraction of sp³-hybridized carbons (Fsp3) is 0.500. The maximum atomic E-state index is 12.0. The van der Waals surface area contributed by atoms with Crippen LogP contribution in [0.5, 0.6) is 0 Å². The van der Waals surface area contributed by atoms with Crippen LogP contribution in [0.1, 0.15) is 44.4 Å². The summed E-state index contributed by atoms with van der Waals surface area (Å²) in [6.45, 7) is 14.4. The van der Waals surface area contributed by atoms with Gasteiger partial charge in [0.05, 0.1) is 17.5 Å². The van der Waals surface area contributed by atoms with Gasteiger partial charge >= 0.3 is 0 Å². The highest BCUT2D eigenvalue weighted by Gasteiger charge is 2.24. The highest BCUT2D eigenvalue weighted by atomic mass is 32.2. The molecule has 1 aliphatic heterocycles. The zero-order valence-electron chi connectivity index (χ0n) is 19.4. The zero-order chi connectivity index (χ0) is 22.8. The molecule has 1 saturated heterocycles. The van der Waals surface area contributed by atoms with E-state index in [0.717, 1.165) is 24.3 Å². The minimum atomic E-state index is -3.33. The summed E-state index contributed by atoms with van der Waals surface area (Å²) < 4.78 is 32.5. The number of ether oxygens (including phenoxy) is 1. The van der Waals surface area contributed by atoms with Gasteiger partial charge in [0, 0.05) is 36.7 Å². The van der Waals surface area contributed by atoms with Crippen LogP contribution in [0.4, 0.5) is 17.1 Å². The van der Waals surface area contributed by atoms with Gasteiger partial charge in [-0.25, -0.2) is 8.42 Å². The van der Waals surface area contributed by atoms with Crippen LogP contribution >= 0.6 is 0 Å². The van der Waals surface area contributed by atoms with Crippen LogP contribution in [0.15, 0.2) is 36.4 Å². The molecule has 7 heteroatoms. The lowest BCUT2D eigenvalue weighted by molar-refractivity contribution is -0.00527. The number of anilines is 3. The van der Waals surface area contributed by atoms with E-state index in [0.29, 0.717) is 12.2 Å². The number of benzene rings is 2. The van der Waals surface area contributed by atoms with Gasteiger partial charge in [0.15, 0.2) is 0 Å². The van der Waals surface area contributed by atoms with Crippen LogP contribution < -0.4 is 14.9 Å². The Morgan fingerprint density at radius 1 is 1.00 bits per heavy atom. The van der Waals surface area contributed by atoms with Crippen LogP contribution in [0, 0.1) is 13.8 Å². The van der Waals surface area contributed by atoms with Crippen LogP contribution in [-0.2, 0) is 21.3 Å². The maximum Gasteiger partial charge on any atom is 0.235 e. The molecule has 1 heterocycles. The molecule has 2 aromatic carbocycles. The van der Waals surface area contributed by atoms with Gasteiger partial charge in [-0.3, -0.25) is 4.72 Å². The number of aryl methyl sites for hydroxylation is 2. The SMILES string of the molecule is Cc1cc(NCc2ccc(NS(=O)(=O)C(C)C)cc2)cc(C)c1N1C[C@@H](C)O[C@@H](C)C1. The first kappa shape index (κ1) is 23.4. The first-order valence-electron chi connectivity index (χ1n) is 10.9. The summed E-state index contributed by atoms with van der Waals surface area (Å²) in [7, 11) is -3.33. The van der Waals surface area contributed by atoms with E-state index in [2.05, 4.69) is 54.8 Å². The normalized spacial score (nSPS) is 19.5. The second kappa shape index (κ2) is 9.49. The Labute approximate surface area is 187 Å². The molecule has 0 amide bonds. The molecule has 3 rings (SSSR count). The number of nitrogens with zero attached hydrogens (tertiary/aromatic N) is 1. The van der Waals surface area contributed by atoms with Gasteiger partial charge in [-0.1, -0.05) is 12.1 Å². The number of nitrogens with one attached hydrogen (secondary N) is 2. The van der Waals surface area contributed by atoms with E-state index in [4.69, 9.17) is 4.74 Å². The Kier molecular flexibility index (Phi) is 7.17. The predicted octanol–water partition coefficient (Wildman–Crippen LogP) is 4.68. The molecule has 0 aliphatic carbocycles. The molecule has 170 valence electrons. The molecular weight excluding hydrogens is 410 g/mol. The van der Waals surface area contributed by atoms with Crippen LogP contribution in [-0.4, -0.2) is 39.0 Å². The van der Waals surface area contributed by atoms with E-state index in [-0.39, 0.29) is 12.2 Å². The average Bonchev–Trinajstić information content (AvgIpc) is 2.66. The summed E-state index contributed by atoms with van der Waals surface area (Å²) in [5.74, 6) is 0. The van der Waals surface area contributed by atoms with Crippen LogP contribution in [0.2, 0.25) is 0 Å². The van der Waals surface area contributed by atoms with E-state index in [1.165, 1.54) is 16.8 Å². The number of sulfonamides is 1. The summed E-state index contributed by atoms with van der Waals surface area (Å²) in [5, 5.41) is 3.03. The molecule has 0 aromatic heterocycles. The molecule has 0 saturated carbocycles. The first-order chi connectivity index (χ1) is 14.5. The molecule has 1 fully saturated rings. The van der Waals surface area contributed by atoms with Crippen molar-refractivity contribution < 1.29 is 13.2 Å². The number of hydrogen-bond acceptors (Lipinski definition) is 5. The van der Waals surface area contributed by atoms with E-state index in [1.807, 2.05) is 12.1 Å². The van der Waals surface area contributed by atoms with E-state index >= 15 is 0 Å². The van der Waals surface area contributed by atoms with Crippen molar-refractivity contribution in [1.29, 1.82) is 0 Å². The van der Waals surface area contributed by atoms with Crippen molar-refractivity contribution in [2.24, 2.45) is 0 Å². The van der Waals surface area contributed by atoms with E-state index < -0.39 is 15.3 Å². The van der Waals surface area contributed by atoms with Crippen molar-refractivity contribution in [3.63, 3.8) is 0 Å². The third kappa shape index (κ3) is 5.92. The summed E-state index contributed by atoms with van der Waals surface area (Å²) in [5.41, 5.74) is 6.56. The monoisotopic (exact) mass is 445 g/mol. The van der Waals surface area contributed by atoms with Gasteiger partial charge in [0.1, 0.15) is 0 Å². The molecule has 0 radical (unpaired) electrons. The molecule has 6 nitrogen and oxygen atoms in total. The largest absolute Gasteiger partial charge is 0.381 e. The van der Waals surface area contributed by atoms with Crippen LogP contribution in [0.25, 0.3) is 0 Å². The molecule has 1 aliphatic rings. The zero-order valence-corrected chi connectivity index (χ0v) is 20.2. The van der Waals surface area contributed by atoms with Gasteiger partial charge < -0.3 is 15.0 Å². The summed E-state index contributed by atoms with van der Waals surface area (Å²) in [4.78, 5) is 2.43. The van der Waals surface area contributed by atoms with Crippen molar-refractivity contribution in [2.45, 2.75) is 65.5 Å². The lowest BCUT2D eigenvalue weighted by Gasteiger charge is -2.38. The highest BCUT2D eigenvalue weighted by molar-refractivity contribution is 7.93. The van der Waals surface area contributed by atoms with E-state index in [1.54, 1.807) is 26.0 Å². The summed E-state index contributed by atoms with van der Waals surface area (Å²) in [6.07, 6.45) is 0.460. The van der Waals surface area contributed by atoms with Crippen molar-refractivity contribution in [3.05, 3.63) is 53.1 Å². The smallest absolute Gasteiger partial charge is 0.235 e. The highest BCUT2D eigenvalue weighted by Crippen LogP contribution is 2.31. The quantitative estimate of drug-likeness (QED) is 0.648. The lowest BCUT2D eigenvalue weighted by Crippen LogP contribution is -2.46. The molecule has 0 spiro atoms. The Morgan fingerprint density at radius 2 is 1.55 bits per heavy atom. The Balaban J connectivity index is 1.66. The molecule has 2 aromatic rings. The molecule has 2 N–H and O–H groups in total. The van der Waals surface area contributed by atoms with Crippen molar-refractivity contribution in [2.75, 3.05) is 28.0 Å². The fourth-order valence-electron chi connectivity index (χ4n) is 4.09. The third-order valence-corrected chi connectivity index (χ3v) is 7.32. The fourth-order valence-corrected chi connectivity index (χ4v) is 4.79. The number of morpholine rings is 1. The molecule has 31 heavy (non-hydrogen) atoms. The number of hydrogen-bond donors (Lipinski definition) is 2. The van der Waals surface area contributed by atoms with Gasteiger partial charge in [-0.15, -0.1) is 0 Å². The van der Waals surface area contributed by atoms with Gasteiger partial charge in [-0.05, 0) is 82.5 Å². The van der Waals surface area contributed by atoms with Crippen molar-refractivity contribution in [1.82, 2.24) is 0 Å². The average molecular weight is 446 g/mol. The van der Waals surface area contributed by atoms with Gasteiger partial charge in [0.25, 0.3) is 0 Å². The first-order valence-corrected chi connectivity index (χ1v) is 12.5. The molecule has 0 unspecified atom stereocenters. The number of rotatable bonds is 7. The maximum absolute atomic E-state index is 12.0. The Bertz CT molecular complexity index is 970. The van der Waals surface area contributed by atoms with Crippen molar-refractivity contribution >= 4 is 27.1 Å². The summed E-state index contributed by atoms with van der Waals surface area (Å²) >= 11 is 0. The molecule has 2 atom stereocenters. The molecular formula is C24H35N3O3S. The Hall–Kier alpha value is -2.25.